The van der Waals surface area contributed by atoms with Crippen LogP contribution >= 0.6 is 0 Å². The Morgan fingerprint density at radius 2 is 1.94 bits per heavy atom. The molecule has 0 aliphatic carbocycles. The van der Waals surface area contributed by atoms with Crippen molar-refractivity contribution in [2.75, 3.05) is 19.8 Å². The molecule has 4 heteroatoms. The van der Waals surface area contributed by atoms with Crippen LogP contribution in [0.25, 0.3) is 0 Å². The molecule has 0 saturated carbocycles. The molecule has 0 aromatic heterocycles. The van der Waals surface area contributed by atoms with Crippen molar-refractivity contribution in [3.8, 4) is 0 Å². The predicted octanol–water partition coefficient (Wildman–Crippen LogP) is 1.75. The standard InChI is InChI=1S/C14H28N2OS/c1-11(18(3)17)7-8-16-13-5-4-6-14(16)10-12(9-13)15-2/h11-15H,4-10H2,1-3H3. The molecule has 2 rings (SSSR count). The third-order valence-corrected chi connectivity index (χ3v) is 6.26. The maximum absolute atomic E-state index is 11.4. The summed E-state index contributed by atoms with van der Waals surface area (Å²) in [6.07, 6.45) is 9.64. The predicted molar refractivity (Wildman–Crippen MR) is 78.4 cm³/mol. The second-order valence-electron chi connectivity index (χ2n) is 6.03. The van der Waals surface area contributed by atoms with E-state index in [4.69, 9.17) is 0 Å². The highest BCUT2D eigenvalue weighted by atomic mass is 32.2. The fourth-order valence-electron chi connectivity index (χ4n) is 3.58. The van der Waals surface area contributed by atoms with Gasteiger partial charge in [-0.1, -0.05) is 13.3 Å². The van der Waals surface area contributed by atoms with Crippen molar-refractivity contribution < 1.29 is 4.21 Å². The number of hydrogen-bond donors (Lipinski definition) is 1. The lowest BCUT2D eigenvalue weighted by atomic mass is 9.81. The second kappa shape index (κ2) is 6.49. The van der Waals surface area contributed by atoms with Crippen molar-refractivity contribution in [1.29, 1.82) is 0 Å². The second-order valence-corrected chi connectivity index (χ2v) is 7.83. The SMILES string of the molecule is CNC1CC2CCCC(C1)N2CCC(C)S(C)=O. The molecular formula is C14H28N2OS. The van der Waals surface area contributed by atoms with E-state index in [0.29, 0.717) is 11.3 Å². The third kappa shape index (κ3) is 3.34. The van der Waals surface area contributed by atoms with Crippen molar-refractivity contribution >= 4 is 10.8 Å². The third-order valence-electron chi connectivity index (χ3n) is 4.89. The van der Waals surface area contributed by atoms with Crippen LogP contribution in [0.4, 0.5) is 0 Å². The van der Waals surface area contributed by atoms with Gasteiger partial charge in [0.15, 0.2) is 0 Å². The van der Waals surface area contributed by atoms with Gasteiger partial charge in [0.05, 0.1) is 0 Å². The molecule has 0 aromatic carbocycles. The van der Waals surface area contributed by atoms with E-state index in [1.807, 2.05) is 6.26 Å². The average Bonchev–Trinajstić information content (AvgIpc) is 2.34. The minimum absolute atomic E-state index is 0.341. The Morgan fingerprint density at radius 1 is 1.33 bits per heavy atom. The lowest BCUT2D eigenvalue weighted by molar-refractivity contribution is 0.0253. The van der Waals surface area contributed by atoms with Crippen LogP contribution in [-0.2, 0) is 10.8 Å². The molecule has 1 N–H and O–H groups in total. The fraction of sp³-hybridized carbons (Fsp3) is 1.00. The molecule has 18 heavy (non-hydrogen) atoms. The molecule has 0 aromatic rings. The van der Waals surface area contributed by atoms with E-state index in [9.17, 15) is 4.21 Å². The van der Waals surface area contributed by atoms with Crippen LogP contribution in [0.1, 0.15) is 45.4 Å². The van der Waals surface area contributed by atoms with Crippen molar-refractivity contribution in [2.45, 2.75) is 68.8 Å². The molecule has 4 unspecified atom stereocenters. The molecule has 2 heterocycles. The van der Waals surface area contributed by atoms with Gasteiger partial charge in [0, 0.05) is 40.4 Å². The number of hydrogen-bond acceptors (Lipinski definition) is 3. The van der Waals surface area contributed by atoms with Crippen LogP contribution in [0, 0.1) is 0 Å². The van der Waals surface area contributed by atoms with E-state index in [0.717, 1.165) is 25.0 Å². The summed E-state index contributed by atoms with van der Waals surface area (Å²) in [4.78, 5) is 2.72. The van der Waals surface area contributed by atoms with Crippen molar-refractivity contribution in [3.05, 3.63) is 0 Å². The summed E-state index contributed by atoms with van der Waals surface area (Å²) in [5.41, 5.74) is 0. The lowest BCUT2D eigenvalue weighted by Gasteiger charge is -2.49. The number of rotatable bonds is 5. The van der Waals surface area contributed by atoms with Gasteiger partial charge in [0.1, 0.15) is 0 Å². The Kier molecular flexibility index (Phi) is 5.22. The summed E-state index contributed by atoms with van der Waals surface area (Å²) < 4.78 is 11.4. The first-order chi connectivity index (χ1) is 8.61. The highest BCUT2D eigenvalue weighted by Gasteiger charge is 2.37. The van der Waals surface area contributed by atoms with Crippen LogP contribution in [-0.4, -0.2) is 52.3 Å². The van der Waals surface area contributed by atoms with E-state index in [-0.39, 0.29) is 0 Å². The van der Waals surface area contributed by atoms with Crippen molar-refractivity contribution in [2.24, 2.45) is 0 Å². The van der Waals surface area contributed by atoms with Gasteiger partial charge in [-0.05, 0) is 45.7 Å². The van der Waals surface area contributed by atoms with E-state index in [1.54, 1.807) is 0 Å². The van der Waals surface area contributed by atoms with E-state index in [1.165, 1.54) is 32.1 Å². The Hall–Kier alpha value is 0.0700. The Morgan fingerprint density at radius 3 is 2.44 bits per heavy atom. The molecule has 3 nitrogen and oxygen atoms in total. The van der Waals surface area contributed by atoms with Crippen molar-refractivity contribution in [1.82, 2.24) is 10.2 Å². The molecule has 0 spiro atoms. The lowest BCUT2D eigenvalue weighted by Crippen LogP contribution is -2.56. The van der Waals surface area contributed by atoms with Gasteiger partial charge in [-0.25, -0.2) is 0 Å². The molecule has 2 saturated heterocycles. The zero-order chi connectivity index (χ0) is 13.1. The van der Waals surface area contributed by atoms with E-state index < -0.39 is 10.8 Å². The first-order valence-corrected chi connectivity index (χ1v) is 8.99. The normalized spacial score (nSPS) is 36.3. The highest BCUT2D eigenvalue weighted by Crippen LogP contribution is 2.34. The van der Waals surface area contributed by atoms with Crippen LogP contribution in [0.5, 0.6) is 0 Å². The highest BCUT2D eigenvalue weighted by molar-refractivity contribution is 7.84. The molecular weight excluding hydrogens is 244 g/mol. The minimum atomic E-state index is -0.669. The summed E-state index contributed by atoms with van der Waals surface area (Å²) in [6.45, 7) is 3.26. The summed E-state index contributed by atoms with van der Waals surface area (Å²) >= 11 is 0. The molecule has 2 aliphatic rings. The Labute approximate surface area is 114 Å². The van der Waals surface area contributed by atoms with Crippen LogP contribution in [0.3, 0.4) is 0 Å². The smallest absolute Gasteiger partial charge is 0.0329 e. The Bertz CT molecular complexity index is 284. The summed E-state index contributed by atoms with van der Waals surface area (Å²) in [5.74, 6) is 0. The summed E-state index contributed by atoms with van der Waals surface area (Å²) in [7, 11) is 1.43. The molecule has 106 valence electrons. The molecule has 0 amide bonds. The maximum Gasteiger partial charge on any atom is 0.0329 e. The largest absolute Gasteiger partial charge is 0.317 e. The maximum atomic E-state index is 11.4. The zero-order valence-electron chi connectivity index (χ0n) is 12.0. The number of nitrogens with zero attached hydrogens (tertiary/aromatic N) is 1. The Balaban J connectivity index is 1.90. The zero-order valence-corrected chi connectivity index (χ0v) is 12.8. The monoisotopic (exact) mass is 272 g/mol. The van der Waals surface area contributed by atoms with Gasteiger partial charge in [0.25, 0.3) is 0 Å². The van der Waals surface area contributed by atoms with Gasteiger partial charge in [-0.2, -0.15) is 0 Å². The molecule has 2 fully saturated rings. The van der Waals surface area contributed by atoms with Gasteiger partial charge in [-0.15, -0.1) is 0 Å². The first-order valence-electron chi connectivity index (χ1n) is 7.37. The van der Waals surface area contributed by atoms with Gasteiger partial charge in [0.2, 0.25) is 0 Å². The number of piperidine rings is 2. The quantitative estimate of drug-likeness (QED) is 0.827. The molecule has 4 atom stereocenters. The molecule has 2 aliphatic heterocycles. The van der Waals surface area contributed by atoms with Crippen LogP contribution in [0.15, 0.2) is 0 Å². The van der Waals surface area contributed by atoms with Gasteiger partial charge >= 0.3 is 0 Å². The van der Waals surface area contributed by atoms with Crippen LogP contribution < -0.4 is 5.32 Å². The number of nitrogens with one attached hydrogen (secondary N) is 1. The average molecular weight is 272 g/mol. The van der Waals surface area contributed by atoms with Crippen molar-refractivity contribution in [3.63, 3.8) is 0 Å². The topological polar surface area (TPSA) is 32.3 Å². The fourth-order valence-corrected chi connectivity index (χ4v) is 4.01. The van der Waals surface area contributed by atoms with Gasteiger partial charge in [-0.3, -0.25) is 9.11 Å². The summed E-state index contributed by atoms with van der Waals surface area (Å²) in [5, 5.41) is 3.80. The van der Waals surface area contributed by atoms with Gasteiger partial charge < -0.3 is 5.32 Å². The van der Waals surface area contributed by atoms with E-state index >= 15 is 0 Å². The summed E-state index contributed by atoms with van der Waals surface area (Å²) in [6, 6.07) is 2.26. The minimum Gasteiger partial charge on any atom is -0.317 e. The van der Waals surface area contributed by atoms with E-state index in [2.05, 4.69) is 24.2 Å². The first kappa shape index (κ1) is 14.5. The molecule has 0 radical (unpaired) electrons. The number of fused-ring (bicyclic) bond motifs is 2. The molecule has 2 bridgehead atoms. The van der Waals surface area contributed by atoms with Crippen LogP contribution in [0.2, 0.25) is 0 Å².